The molecule has 0 aliphatic carbocycles. The van der Waals surface area contributed by atoms with Crippen molar-refractivity contribution in [3.05, 3.63) is 0 Å². The molecule has 0 unspecified atom stereocenters. The summed E-state index contributed by atoms with van der Waals surface area (Å²) >= 11 is 0. The molecule has 0 bridgehead atoms. The number of carboxylic acid groups (broad SMARTS) is 2. The van der Waals surface area contributed by atoms with E-state index in [0.717, 1.165) is 0 Å². The molecular formula is C26H56N2O4. The molecule has 0 aromatic heterocycles. The van der Waals surface area contributed by atoms with Gasteiger partial charge in [0.2, 0.25) is 0 Å². The zero-order valence-corrected chi connectivity index (χ0v) is 22.4. The Bertz CT molecular complexity index is 352. The fraction of sp³-hybridized carbons (Fsp3) is 0.923. The molecule has 0 aromatic rings. The maximum Gasteiger partial charge on any atom is 0.0870 e. The van der Waals surface area contributed by atoms with Gasteiger partial charge in [0.1, 0.15) is 0 Å². The van der Waals surface area contributed by atoms with Gasteiger partial charge in [0.15, 0.2) is 0 Å². The van der Waals surface area contributed by atoms with E-state index >= 15 is 0 Å². The number of hydrogen-bond donors (Lipinski definition) is 2. The largest absolute Gasteiger partial charge is 0.543 e. The van der Waals surface area contributed by atoms with Crippen molar-refractivity contribution in [3.8, 4) is 0 Å². The molecule has 0 saturated carbocycles. The van der Waals surface area contributed by atoms with E-state index in [-0.39, 0.29) is 0 Å². The minimum atomic E-state index is -2.19. The van der Waals surface area contributed by atoms with Crippen LogP contribution in [-0.4, -0.2) is 53.2 Å². The minimum Gasteiger partial charge on any atom is -0.543 e. The maximum atomic E-state index is 8.93. The summed E-state index contributed by atoms with van der Waals surface area (Å²) in [7, 11) is 8.95. The van der Waals surface area contributed by atoms with Gasteiger partial charge in [-0.25, -0.2) is 0 Å². The Morgan fingerprint density at radius 3 is 0.875 bits per heavy atom. The zero-order valence-electron chi connectivity index (χ0n) is 22.4. The lowest BCUT2D eigenvalue weighted by Crippen LogP contribution is -3.05. The first-order valence-electron chi connectivity index (χ1n) is 13.2. The van der Waals surface area contributed by atoms with Gasteiger partial charge in [-0.15, -0.1) is 0 Å². The first-order valence-corrected chi connectivity index (χ1v) is 13.2. The van der Waals surface area contributed by atoms with Crippen LogP contribution in [0.1, 0.15) is 117 Å². The van der Waals surface area contributed by atoms with Gasteiger partial charge in [-0.1, -0.05) is 90.9 Å². The third kappa shape index (κ3) is 42.9. The van der Waals surface area contributed by atoms with E-state index in [9.17, 15) is 0 Å². The van der Waals surface area contributed by atoms with Crippen LogP contribution in [0.15, 0.2) is 0 Å². The molecule has 32 heavy (non-hydrogen) atoms. The van der Waals surface area contributed by atoms with E-state index < -0.39 is 11.9 Å². The second-order valence-corrected chi connectivity index (χ2v) is 9.44. The Morgan fingerprint density at radius 1 is 0.469 bits per heavy atom. The van der Waals surface area contributed by atoms with Crippen molar-refractivity contribution in [2.75, 3.05) is 41.3 Å². The van der Waals surface area contributed by atoms with Crippen molar-refractivity contribution in [3.63, 3.8) is 0 Å². The van der Waals surface area contributed by atoms with E-state index in [1.807, 2.05) is 0 Å². The lowest BCUT2D eigenvalue weighted by molar-refractivity contribution is -0.858. The number of carbonyl (C=O) groups excluding carboxylic acids is 2. The summed E-state index contributed by atoms with van der Waals surface area (Å²) in [6.07, 6.45) is 23.0. The average Bonchev–Trinajstić information content (AvgIpc) is 2.72. The Morgan fingerprint density at radius 2 is 0.688 bits per heavy atom. The minimum absolute atomic E-state index is 1.34. The van der Waals surface area contributed by atoms with Crippen LogP contribution in [0.4, 0.5) is 0 Å². The summed E-state index contributed by atoms with van der Waals surface area (Å²) < 4.78 is 0. The highest BCUT2D eigenvalue weighted by atomic mass is 16.4. The van der Waals surface area contributed by atoms with E-state index in [0.29, 0.717) is 0 Å². The van der Waals surface area contributed by atoms with Crippen LogP contribution in [0.3, 0.4) is 0 Å². The van der Waals surface area contributed by atoms with Crippen molar-refractivity contribution in [1.29, 1.82) is 0 Å². The van der Waals surface area contributed by atoms with E-state index in [1.54, 1.807) is 9.80 Å². The number of carbonyl (C=O) groups is 2. The highest BCUT2D eigenvalue weighted by Crippen LogP contribution is 2.08. The van der Waals surface area contributed by atoms with Crippen LogP contribution in [0, 0.1) is 0 Å². The number of aliphatic carboxylic acids is 2. The third-order valence-corrected chi connectivity index (χ3v) is 5.23. The van der Waals surface area contributed by atoms with Gasteiger partial charge in [-0.05, 0) is 25.7 Å². The highest BCUT2D eigenvalue weighted by Gasteiger charge is 1.95. The predicted molar refractivity (Wildman–Crippen MR) is 131 cm³/mol. The first kappa shape index (κ1) is 35.4. The van der Waals surface area contributed by atoms with E-state index in [4.69, 9.17) is 19.8 Å². The van der Waals surface area contributed by atoms with Gasteiger partial charge in [-0.3, -0.25) is 0 Å². The summed E-state index contributed by atoms with van der Waals surface area (Å²) in [5.41, 5.74) is 0. The lowest BCUT2D eigenvalue weighted by Gasteiger charge is -2.06. The Labute approximate surface area is 199 Å². The molecule has 0 fully saturated rings. The Balaban J connectivity index is -0.000000422. The van der Waals surface area contributed by atoms with Crippen molar-refractivity contribution in [2.24, 2.45) is 0 Å². The van der Waals surface area contributed by atoms with Crippen LogP contribution >= 0.6 is 0 Å². The summed E-state index contributed by atoms with van der Waals surface area (Å²) in [5, 5.41) is 17.9. The molecule has 0 rings (SSSR count). The van der Waals surface area contributed by atoms with Gasteiger partial charge in [0.05, 0.1) is 53.2 Å². The standard InChI is InChI=1S/2C12H27N.C2H2O4/c2*1-4-5-6-7-8-9-10-11-12-13(2)3;3-1(4)2(5)6/h2*4-12H2,1-3H3;(H,3,4)(H,5,6). The van der Waals surface area contributed by atoms with E-state index in [1.165, 1.54) is 116 Å². The molecule has 2 N–H and O–H groups in total. The summed E-state index contributed by atoms with van der Waals surface area (Å²) in [6, 6.07) is 0. The second-order valence-electron chi connectivity index (χ2n) is 9.44. The molecule has 6 nitrogen and oxygen atoms in total. The number of hydrogen-bond acceptors (Lipinski definition) is 4. The Kier molecular flexibility index (Phi) is 33.1. The number of quaternary nitrogens is 2. The monoisotopic (exact) mass is 460 g/mol. The molecule has 0 amide bonds. The number of nitrogens with one attached hydrogen (secondary N) is 2. The topological polar surface area (TPSA) is 89.1 Å². The van der Waals surface area contributed by atoms with Crippen LogP contribution in [0.5, 0.6) is 0 Å². The molecule has 194 valence electrons. The summed E-state index contributed by atoms with van der Waals surface area (Å²) in [4.78, 5) is 21.0. The van der Waals surface area contributed by atoms with Crippen LogP contribution in [0.2, 0.25) is 0 Å². The van der Waals surface area contributed by atoms with Gasteiger partial charge < -0.3 is 29.6 Å². The lowest BCUT2D eigenvalue weighted by atomic mass is 10.1. The predicted octanol–water partition coefficient (Wildman–Crippen LogP) is 1.03. The van der Waals surface area contributed by atoms with Gasteiger partial charge in [0, 0.05) is 0 Å². The fourth-order valence-electron chi connectivity index (χ4n) is 3.22. The van der Waals surface area contributed by atoms with Crippen LogP contribution in [-0.2, 0) is 9.59 Å². The summed E-state index contributed by atoms with van der Waals surface area (Å²) in [6.45, 7) is 7.24. The number of rotatable bonds is 18. The van der Waals surface area contributed by atoms with Crippen LogP contribution in [0.25, 0.3) is 0 Å². The smallest absolute Gasteiger partial charge is 0.0870 e. The molecule has 0 atom stereocenters. The van der Waals surface area contributed by atoms with E-state index in [2.05, 4.69) is 42.0 Å². The normalized spacial score (nSPS) is 10.4. The molecule has 0 radical (unpaired) electrons. The van der Waals surface area contributed by atoms with Crippen molar-refractivity contribution in [2.45, 2.75) is 117 Å². The Hall–Kier alpha value is -1.14. The zero-order chi connectivity index (χ0) is 25.0. The number of unbranched alkanes of at least 4 members (excludes halogenated alkanes) is 14. The van der Waals surface area contributed by atoms with Gasteiger partial charge in [0.25, 0.3) is 0 Å². The molecule has 0 aliphatic rings. The SMILES string of the molecule is CCCCCCCCCC[NH+](C)C.CCCCCCCCCC[NH+](C)C.O=C([O-])C(=O)[O-]. The maximum absolute atomic E-state index is 8.93. The molecule has 0 heterocycles. The fourth-order valence-corrected chi connectivity index (χ4v) is 3.22. The van der Waals surface area contributed by atoms with Crippen molar-refractivity contribution in [1.82, 2.24) is 0 Å². The first-order chi connectivity index (χ1) is 15.2. The second kappa shape index (κ2) is 29.9. The van der Waals surface area contributed by atoms with Gasteiger partial charge >= 0.3 is 0 Å². The van der Waals surface area contributed by atoms with Crippen LogP contribution < -0.4 is 20.0 Å². The molecule has 0 saturated heterocycles. The molecule has 0 spiro atoms. The molecule has 0 aliphatic heterocycles. The highest BCUT2D eigenvalue weighted by molar-refractivity contribution is 6.25. The molecular weight excluding hydrogens is 404 g/mol. The third-order valence-electron chi connectivity index (χ3n) is 5.23. The number of carboxylic acids is 2. The summed E-state index contributed by atoms with van der Waals surface area (Å²) in [5.74, 6) is -4.37. The molecule has 0 aromatic carbocycles. The molecule has 6 heteroatoms. The van der Waals surface area contributed by atoms with Crippen molar-refractivity contribution < 1.29 is 29.6 Å². The van der Waals surface area contributed by atoms with Crippen molar-refractivity contribution >= 4 is 11.9 Å². The quantitative estimate of drug-likeness (QED) is 0.236. The van der Waals surface area contributed by atoms with Gasteiger partial charge in [-0.2, -0.15) is 0 Å². The average molecular weight is 461 g/mol.